The predicted octanol–water partition coefficient (Wildman–Crippen LogP) is 2.28. The van der Waals surface area contributed by atoms with E-state index >= 15 is 0 Å². The minimum Gasteiger partial charge on any atom is -0.497 e. The SMILES string of the molecule is COc1ccc2cc(CNS(=O)(=O)N3CCCC3)ccc2c1. The highest BCUT2D eigenvalue weighted by Crippen LogP contribution is 2.22. The van der Waals surface area contributed by atoms with Gasteiger partial charge in [-0.25, -0.2) is 0 Å². The Morgan fingerprint density at radius 2 is 1.77 bits per heavy atom. The molecule has 0 bridgehead atoms. The zero-order valence-corrected chi connectivity index (χ0v) is 13.4. The van der Waals surface area contributed by atoms with Gasteiger partial charge in [-0.15, -0.1) is 0 Å². The zero-order chi connectivity index (χ0) is 15.6. The van der Waals surface area contributed by atoms with Gasteiger partial charge in [0.1, 0.15) is 5.75 Å². The molecule has 1 heterocycles. The average Bonchev–Trinajstić information content (AvgIpc) is 3.07. The molecule has 118 valence electrons. The first-order valence-electron chi connectivity index (χ1n) is 7.40. The minimum atomic E-state index is -3.36. The third-order valence-corrected chi connectivity index (χ3v) is 5.53. The molecule has 1 aliphatic heterocycles. The maximum atomic E-state index is 12.2. The molecule has 22 heavy (non-hydrogen) atoms. The summed E-state index contributed by atoms with van der Waals surface area (Å²) in [5, 5.41) is 2.14. The van der Waals surface area contributed by atoms with Crippen LogP contribution in [0.5, 0.6) is 5.75 Å². The van der Waals surface area contributed by atoms with Crippen molar-refractivity contribution in [3.05, 3.63) is 42.0 Å². The van der Waals surface area contributed by atoms with E-state index in [0.29, 0.717) is 19.6 Å². The normalized spacial score (nSPS) is 16.2. The van der Waals surface area contributed by atoms with Crippen LogP contribution in [0.15, 0.2) is 36.4 Å². The van der Waals surface area contributed by atoms with Crippen LogP contribution in [0.4, 0.5) is 0 Å². The largest absolute Gasteiger partial charge is 0.497 e. The van der Waals surface area contributed by atoms with E-state index in [2.05, 4.69) is 4.72 Å². The van der Waals surface area contributed by atoms with E-state index in [1.54, 1.807) is 7.11 Å². The van der Waals surface area contributed by atoms with Crippen molar-refractivity contribution < 1.29 is 13.2 Å². The monoisotopic (exact) mass is 320 g/mol. The number of benzene rings is 2. The zero-order valence-electron chi connectivity index (χ0n) is 12.6. The van der Waals surface area contributed by atoms with E-state index in [0.717, 1.165) is 34.9 Å². The van der Waals surface area contributed by atoms with Gasteiger partial charge in [0, 0.05) is 19.6 Å². The molecule has 0 aliphatic carbocycles. The summed E-state index contributed by atoms with van der Waals surface area (Å²) in [5.74, 6) is 0.815. The summed E-state index contributed by atoms with van der Waals surface area (Å²) in [5.41, 5.74) is 0.945. The molecule has 1 aliphatic rings. The molecule has 0 aromatic heterocycles. The van der Waals surface area contributed by atoms with E-state index in [1.165, 1.54) is 4.31 Å². The second-order valence-electron chi connectivity index (χ2n) is 5.48. The van der Waals surface area contributed by atoms with E-state index in [1.807, 2.05) is 36.4 Å². The first-order valence-corrected chi connectivity index (χ1v) is 8.84. The van der Waals surface area contributed by atoms with Crippen molar-refractivity contribution >= 4 is 21.0 Å². The molecule has 2 aromatic rings. The van der Waals surface area contributed by atoms with Crippen molar-refractivity contribution in [2.45, 2.75) is 19.4 Å². The van der Waals surface area contributed by atoms with Gasteiger partial charge in [-0.05, 0) is 47.4 Å². The lowest BCUT2D eigenvalue weighted by molar-refractivity contribution is 0.415. The molecular weight excluding hydrogens is 300 g/mol. The number of nitrogens with one attached hydrogen (secondary N) is 1. The molecule has 3 rings (SSSR count). The number of methoxy groups -OCH3 is 1. The second-order valence-corrected chi connectivity index (χ2v) is 7.23. The van der Waals surface area contributed by atoms with Gasteiger partial charge < -0.3 is 4.74 Å². The standard InChI is InChI=1S/C16H20N2O3S/c1-21-16-7-6-14-10-13(4-5-15(14)11-16)12-17-22(19,20)18-8-2-3-9-18/h4-7,10-11,17H,2-3,8-9,12H2,1H3. The summed E-state index contributed by atoms with van der Waals surface area (Å²) in [7, 11) is -1.72. The first kappa shape index (κ1) is 15.3. The fraction of sp³-hybridized carbons (Fsp3) is 0.375. The number of hydrogen-bond donors (Lipinski definition) is 1. The van der Waals surface area contributed by atoms with Crippen LogP contribution in [0.25, 0.3) is 10.8 Å². The van der Waals surface area contributed by atoms with Crippen molar-refractivity contribution in [3.63, 3.8) is 0 Å². The Kier molecular flexibility index (Phi) is 4.33. The molecule has 1 fully saturated rings. The fourth-order valence-electron chi connectivity index (χ4n) is 2.70. The number of fused-ring (bicyclic) bond motifs is 1. The van der Waals surface area contributed by atoms with Crippen LogP contribution in [0.1, 0.15) is 18.4 Å². The lowest BCUT2D eigenvalue weighted by atomic mass is 10.1. The summed E-state index contributed by atoms with van der Waals surface area (Å²) in [6.07, 6.45) is 1.89. The van der Waals surface area contributed by atoms with Crippen molar-refractivity contribution in [3.8, 4) is 5.75 Å². The Hall–Kier alpha value is -1.63. The molecular formula is C16H20N2O3S. The van der Waals surface area contributed by atoms with E-state index < -0.39 is 10.2 Å². The lowest BCUT2D eigenvalue weighted by Crippen LogP contribution is -2.38. The van der Waals surface area contributed by atoms with Crippen LogP contribution in [-0.2, 0) is 16.8 Å². The molecule has 0 amide bonds. The van der Waals surface area contributed by atoms with Crippen molar-refractivity contribution in [2.24, 2.45) is 0 Å². The van der Waals surface area contributed by atoms with Gasteiger partial charge in [0.2, 0.25) is 0 Å². The quantitative estimate of drug-likeness (QED) is 0.919. The topological polar surface area (TPSA) is 58.6 Å². The molecule has 0 atom stereocenters. The summed E-state index contributed by atoms with van der Waals surface area (Å²) in [6, 6.07) is 11.8. The van der Waals surface area contributed by atoms with Gasteiger partial charge in [0.05, 0.1) is 7.11 Å². The maximum Gasteiger partial charge on any atom is 0.279 e. The molecule has 5 nitrogen and oxygen atoms in total. The minimum absolute atomic E-state index is 0.306. The van der Waals surface area contributed by atoms with Crippen LogP contribution < -0.4 is 9.46 Å². The summed E-state index contributed by atoms with van der Waals surface area (Å²) in [6.45, 7) is 1.54. The Labute approximate surface area is 131 Å². The highest BCUT2D eigenvalue weighted by atomic mass is 32.2. The van der Waals surface area contributed by atoms with Gasteiger partial charge >= 0.3 is 0 Å². The van der Waals surface area contributed by atoms with Gasteiger partial charge in [-0.1, -0.05) is 18.2 Å². The number of hydrogen-bond acceptors (Lipinski definition) is 3. The van der Waals surface area contributed by atoms with Crippen LogP contribution in [0.2, 0.25) is 0 Å². The number of nitrogens with zero attached hydrogens (tertiary/aromatic N) is 1. The molecule has 0 spiro atoms. The third-order valence-electron chi connectivity index (χ3n) is 3.98. The Bertz CT molecular complexity index is 768. The fourth-order valence-corrected chi connectivity index (χ4v) is 3.98. The van der Waals surface area contributed by atoms with E-state index in [4.69, 9.17) is 4.74 Å². The maximum absolute atomic E-state index is 12.2. The molecule has 0 saturated carbocycles. The molecule has 1 saturated heterocycles. The van der Waals surface area contributed by atoms with Gasteiger partial charge in [-0.3, -0.25) is 0 Å². The smallest absolute Gasteiger partial charge is 0.279 e. The Morgan fingerprint density at radius 3 is 2.50 bits per heavy atom. The highest BCUT2D eigenvalue weighted by molar-refractivity contribution is 7.87. The highest BCUT2D eigenvalue weighted by Gasteiger charge is 2.24. The average molecular weight is 320 g/mol. The van der Waals surface area contributed by atoms with Gasteiger partial charge in [-0.2, -0.15) is 17.4 Å². The van der Waals surface area contributed by atoms with E-state index in [9.17, 15) is 8.42 Å². The van der Waals surface area contributed by atoms with Crippen LogP contribution in [0.3, 0.4) is 0 Å². The third kappa shape index (κ3) is 3.24. The lowest BCUT2D eigenvalue weighted by Gasteiger charge is -2.16. The summed E-state index contributed by atoms with van der Waals surface area (Å²) in [4.78, 5) is 0. The van der Waals surface area contributed by atoms with Gasteiger partial charge in [0.25, 0.3) is 10.2 Å². The summed E-state index contributed by atoms with van der Waals surface area (Å²) >= 11 is 0. The molecule has 6 heteroatoms. The molecule has 1 N–H and O–H groups in total. The Morgan fingerprint density at radius 1 is 1.09 bits per heavy atom. The van der Waals surface area contributed by atoms with Crippen molar-refractivity contribution in [1.82, 2.24) is 9.03 Å². The Balaban J connectivity index is 1.74. The van der Waals surface area contributed by atoms with Crippen molar-refractivity contribution in [1.29, 1.82) is 0 Å². The molecule has 2 aromatic carbocycles. The van der Waals surface area contributed by atoms with Crippen LogP contribution in [-0.4, -0.2) is 32.9 Å². The first-order chi connectivity index (χ1) is 10.6. The second kappa shape index (κ2) is 6.24. The van der Waals surface area contributed by atoms with Crippen LogP contribution >= 0.6 is 0 Å². The predicted molar refractivity (Wildman–Crippen MR) is 87.1 cm³/mol. The van der Waals surface area contributed by atoms with Crippen LogP contribution in [0, 0.1) is 0 Å². The van der Waals surface area contributed by atoms with E-state index in [-0.39, 0.29) is 0 Å². The number of ether oxygens (including phenoxy) is 1. The van der Waals surface area contributed by atoms with Gasteiger partial charge in [0.15, 0.2) is 0 Å². The molecule has 0 radical (unpaired) electrons. The molecule has 0 unspecified atom stereocenters. The van der Waals surface area contributed by atoms with Crippen molar-refractivity contribution in [2.75, 3.05) is 20.2 Å². The number of rotatable bonds is 5. The summed E-state index contributed by atoms with van der Waals surface area (Å²) < 4.78 is 33.7.